The summed E-state index contributed by atoms with van der Waals surface area (Å²) >= 11 is 0. The van der Waals surface area contributed by atoms with Crippen LogP contribution in [0.25, 0.3) is 0 Å². The number of rotatable bonds is 20. The predicted octanol–water partition coefficient (Wildman–Crippen LogP) is 7.21. The maximum Gasteiger partial charge on any atom is 0.161 e. The normalized spacial score (nSPS) is 10.8. The molecular formula is C36H44N2O3. The van der Waals surface area contributed by atoms with Crippen LogP contribution in [0.5, 0.6) is 17.2 Å². The van der Waals surface area contributed by atoms with Gasteiger partial charge in [0.25, 0.3) is 0 Å². The second kappa shape index (κ2) is 18.5. The maximum absolute atomic E-state index is 6.23. The van der Waals surface area contributed by atoms with E-state index in [9.17, 15) is 0 Å². The average Bonchev–Trinajstić information content (AvgIpc) is 3.03. The minimum absolute atomic E-state index is 0.515. The number of benzene rings is 4. The molecule has 0 aliphatic heterocycles. The van der Waals surface area contributed by atoms with Crippen molar-refractivity contribution in [1.29, 1.82) is 0 Å². The first-order chi connectivity index (χ1) is 20.4. The summed E-state index contributed by atoms with van der Waals surface area (Å²) in [5.74, 6) is 2.51. The molecule has 0 atom stereocenters. The summed E-state index contributed by atoms with van der Waals surface area (Å²) in [7, 11) is 0. The summed E-state index contributed by atoms with van der Waals surface area (Å²) in [6.07, 6.45) is 5.86. The molecule has 0 saturated carbocycles. The van der Waals surface area contributed by atoms with E-state index in [2.05, 4.69) is 47.0 Å². The number of hydrogen-bond acceptors (Lipinski definition) is 5. The van der Waals surface area contributed by atoms with E-state index in [1.807, 2.05) is 72.8 Å². The van der Waals surface area contributed by atoms with Gasteiger partial charge in [-0.2, -0.15) is 0 Å². The van der Waals surface area contributed by atoms with E-state index in [0.717, 1.165) is 61.0 Å². The van der Waals surface area contributed by atoms with E-state index < -0.39 is 0 Å². The highest BCUT2D eigenvalue weighted by molar-refractivity contribution is 5.43. The van der Waals surface area contributed by atoms with Crippen molar-refractivity contribution in [3.05, 3.63) is 126 Å². The second-order valence-corrected chi connectivity index (χ2v) is 10.2. The molecule has 0 saturated heterocycles. The predicted molar refractivity (Wildman–Crippen MR) is 168 cm³/mol. The Labute approximate surface area is 245 Å². The molecule has 0 amide bonds. The van der Waals surface area contributed by atoms with E-state index in [0.29, 0.717) is 19.8 Å². The van der Waals surface area contributed by atoms with Gasteiger partial charge in [-0.3, -0.25) is 0 Å². The Kier molecular flexibility index (Phi) is 13.6. The van der Waals surface area contributed by atoms with E-state index in [1.165, 1.54) is 31.2 Å². The van der Waals surface area contributed by atoms with Gasteiger partial charge in [-0.05, 0) is 79.9 Å². The van der Waals surface area contributed by atoms with Crippen molar-refractivity contribution in [2.24, 2.45) is 0 Å². The number of unbranched alkanes of at least 4 members (excludes halogenated alkanes) is 3. The molecule has 5 heteroatoms. The van der Waals surface area contributed by atoms with Crippen LogP contribution in [0.2, 0.25) is 0 Å². The van der Waals surface area contributed by atoms with Gasteiger partial charge >= 0.3 is 0 Å². The lowest BCUT2D eigenvalue weighted by molar-refractivity contribution is 0.255. The lowest BCUT2D eigenvalue weighted by Gasteiger charge is -2.15. The van der Waals surface area contributed by atoms with Gasteiger partial charge in [0.15, 0.2) is 11.5 Å². The molecule has 0 spiro atoms. The Morgan fingerprint density at radius 2 is 1.00 bits per heavy atom. The second-order valence-electron chi connectivity index (χ2n) is 10.2. The molecule has 0 aliphatic rings. The van der Waals surface area contributed by atoms with Gasteiger partial charge in [0.1, 0.15) is 25.6 Å². The van der Waals surface area contributed by atoms with Crippen molar-refractivity contribution in [3.63, 3.8) is 0 Å². The highest BCUT2D eigenvalue weighted by Gasteiger charge is 2.08. The molecule has 0 aromatic heterocycles. The number of hydrogen-bond donors (Lipinski definition) is 2. The third-order valence-corrected chi connectivity index (χ3v) is 6.82. The molecule has 0 unspecified atom stereocenters. The van der Waals surface area contributed by atoms with Crippen molar-refractivity contribution in [1.82, 2.24) is 10.6 Å². The van der Waals surface area contributed by atoms with Gasteiger partial charge in [-0.15, -0.1) is 0 Å². The van der Waals surface area contributed by atoms with Gasteiger partial charge in [0.05, 0.1) is 0 Å². The van der Waals surface area contributed by atoms with Crippen molar-refractivity contribution in [2.75, 3.05) is 32.8 Å². The lowest BCUT2D eigenvalue weighted by atomic mass is 10.1. The van der Waals surface area contributed by atoms with Gasteiger partial charge in [-0.25, -0.2) is 0 Å². The van der Waals surface area contributed by atoms with Crippen LogP contribution in [-0.2, 0) is 19.6 Å². The lowest BCUT2D eigenvalue weighted by Crippen LogP contribution is -2.22. The van der Waals surface area contributed by atoms with Crippen LogP contribution in [0.4, 0.5) is 0 Å². The Morgan fingerprint density at radius 3 is 1.63 bits per heavy atom. The number of para-hydroxylation sites is 1. The minimum Gasteiger partial charge on any atom is -0.492 e. The van der Waals surface area contributed by atoms with Crippen molar-refractivity contribution >= 4 is 0 Å². The molecule has 4 rings (SSSR count). The topological polar surface area (TPSA) is 51.8 Å². The average molecular weight is 553 g/mol. The molecule has 216 valence electrons. The van der Waals surface area contributed by atoms with Crippen LogP contribution in [0.3, 0.4) is 0 Å². The Balaban J connectivity index is 1.10. The van der Waals surface area contributed by atoms with Crippen molar-refractivity contribution in [2.45, 2.75) is 45.3 Å². The molecule has 0 aliphatic carbocycles. The molecular weight excluding hydrogens is 508 g/mol. The zero-order valence-corrected chi connectivity index (χ0v) is 24.1. The summed E-state index contributed by atoms with van der Waals surface area (Å²) in [5.41, 5.74) is 3.52. The summed E-state index contributed by atoms with van der Waals surface area (Å²) < 4.78 is 18.1. The van der Waals surface area contributed by atoms with E-state index >= 15 is 0 Å². The molecule has 0 heterocycles. The van der Waals surface area contributed by atoms with Gasteiger partial charge < -0.3 is 24.8 Å². The molecule has 2 N–H and O–H groups in total. The standard InChI is InChI=1S/C36H44N2O3/c1(2-13-24-38-26-27-39-34-18-10-5-11-19-34)12-23-37-25-22-31-20-21-35(40-29-32-14-6-3-7-15-32)36(28-31)41-30-33-16-8-4-9-17-33/h3-11,14-21,28,37-38H,1-2,12-13,22-27,29-30H2. The van der Waals surface area contributed by atoms with Crippen LogP contribution in [0.15, 0.2) is 109 Å². The summed E-state index contributed by atoms with van der Waals surface area (Å²) in [6.45, 7) is 5.67. The van der Waals surface area contributed by atoms with Crippen molar-refractivity contribution in [3.8, 4) is 17.2 Å². The Hall–Kier alpha value is -3.80. The Bertz CT molecular complexity index is 1220. The zero-order valence-electron chi connectivity index (χ0n) is 24.1. The smallest absolute Gasteiger partial charge is 0.161 e. The minimum atomic E-state index is 0.515. The van der Waals surface area contributed by atoms with Gasteiger partial charge in [0, 0.05) is 6.54 Å². The first-order valence-corrected chi connectivity index (χ1v) is 14.9. The monoisotopic (exact) mass is 552 g/mol. The van der Waals surface area contributed by atoms with E-state index in [-0.39, 0.29) is 0 Å². The largest absolute Gasteiger partial charge is 0.492 e. The molecule has 0 fully saturated rings. The van der Waals surface area contributed by atoms with Crippen LogP contribution < -0.4 is 24.8 Å². The summed E-state index contributed by atoms with van der Waals surface area (Å²) in [4.78, 5) is 0. The molecule has 4 aromatic carbocycles. The first-order valence-electron chi connectivity index (χ1n) is 14.9. The molecule has 0 radical (unpaired) electrons. The van der Waals surface area contributed by atoms with E-state index in [1.54, 1.807) is 0 Å². The molecule has 0 bridgehead atoms. The Morgan fingerprint density at radius 1 is 0.439 bits per heavy atom. The quantitative estimate of drug-likeness (QED) is 0.114. The highest BCUT2D eigenvalue weighted by Crippen LogP contribution is 2.30. The van der Waals surface area contributed by atoms with Crippen LogP contribution in [-0.4, -0.2) is 32.8 Å². The van der Waals surface area contributed by atoms with E-state index in [4.69, 9.17) is 14.2 Å². The van der Waals surface area contributed by atoms with Gasteiger partial charge in [-0.1, -0.05) is 97.8 Å². The van der Waals surface area contributed by atoms with Crippen molar-refractivity contribution < 1.29 is 14.2 Å². The molecule has 5 nitrogen and oxygen atoms in total. The zero-order chi connectivity index (χ0) is 28.2. The van der Waals surface area contributed by atoms with Crippen LogP contribution >= 0.6 is 0 Å². The van der Waals surface area contributed by atoms with Crippen LogP contribution in [0.1, 0.15) is 42.4 Å². The SMILES string of the molecule is c1ccc(COc2ccc(CCNCCCCCCNCCOc3ccccc3)cc2OCc2ccccc2)cc1. The van der Waals surface area contributed by atoms with Gasteiger partial charge in [0.2, 0.25) is 0 Å². The summed E-state index contributed by atoms with van der Waals surface area (Å²) in [5, 5.41) is 7.07. The fourth-order valence-electron chi connectivity index (χ4n) is 4.50. The van der Waals surface area contributed by atoms with Crippen LogP contribution in [0, 0.1) is 0 Å². The number of ether oxygens (including phenoxy) is 3. The summed E-state index contributed by atoms with van der Waals surface area (Å²) in [6, 6.07) is 36.8. The first kappa shape index (κ1) is 30.2. The fourth-order valence-corrected chi connectivity index (χ4v) is 4.50. The third kappa shape index (κ3) is 12.1. The fraction of sp³-hybridized carbons (Fsp3) is 0.333. The number of nitrogens with one attached hydrogen (secondary N) is 2. The molecule has 41 heavy (non-hydrogen) atoms. The third-order valence-electron chi connectivity index (χ3n) is 6.82. The highest BCUT2D eigenvalue weighted by atomic mass is 16.5. The maximum atomic E-state index is 6.23. The molecule has 4 aromatic rings.